The highest BCUT2D eigenvalue weighted by Gasteiger charge is 2.34. The largest absolute Gasteiger partial charge is 0.496 e. The number of para-hydroxylation sites is 1. The first-order valence-corrected chi connectivity index (χ1v) is 12.5. The molecule has 172 valence electrons. The molecule has 5 nitrogen and oxygen atoms in total. The lowest BCUT2D eigenvalue weighted by Gasteiger charge is -2.24. The first-order chi connectivity index (χ1) is 17.2. The Hall–Kier alpha value is -3.74. The lowest BCUT2D eigenvalue weighted by molar-refractivity contribution is 0.405. The van der Waals surface area contributed by atoms with E-state index in [0.29, 0.717) is 11.0 Å². The zero-order valence-electron chi connectivity index (χ0n) is 18.9. The number of benzene rings is 3. The Labute approximate surface area is 212 Å². The molecule has 35 heavy (non-hydrogen) atoms. The average molecular weight is 497 g/mol. The average Bonchev–Trinajstić information content (AvgIpc) is 3.59. The fraction of sp³-hybridized carbons (Fsp3) is 0.107. The van der Waals surface area contributed by atoms with Gasteiger partial charge in [0, 0.05) is 28.0 Å². The highest BCUT2D eigenvalue weighted by Crippen LogP contribution is 2.41. The lowest BCUT2D eigenvalue weighted by atomic mass is 10.0. The van der Waals surface area contributed by atoms with Crippen molar-refractivity contribution in [1.82, 2.24) is 9.97 Å². The van der Waals surface area contributed by atoms with E-state index < -0.39 is 0 Å². The number of methoxy groups -OCH3 is 1. The second-order valence-electron chi connectivity index (χ2n) is 8.23. The smallest absolute Gasteiger partial charge is 0.247 e. The van der Waals surface area contributed by atoms with Gasteiger partial charge in [0.25, 0.3) is 0 Å². The van der Waals surface area contributed by atoms with Crippen molar-refractivity contribution >= 4 is 45.5 Å². The van der Waals surface area contributed by atoms with Gasteiger partial charge in [-0.2, -0.15) is 5.10 Å². The van der Waals surface area contributed by atoms with E-state index in [1.54, 1.807) is 18.4 Å². The van der Waals surface area contributed by atoms with Crippen molar-refractivity contribution in [2.24, 2.45) is 5.10 Å². The van der Waals surface area contributed by atoms with Gasteiger partial charge in [-0.05, 0) is 35.7 Å². The van der Waals surface area contributed by atoms with Crippen LogP contribution in [0.1, 0.15) is 22.9 Å². The fourth-order valence-corrected chi connectivity index (χ4v) is 5.37. The number of halogens is 1. The summed E-state index contributed by atoms with van der Waals surface area (Å²) in [5, 5.41) is 10.6. The molecular weight excluding hydrogens is 476 g/mol. The van der Waals surface area contributed by atoms with Crippen LogP contribution in [0, 0.1) is 0 Å². The molecule has 0 saturated carbocycles. The van der Waals surface area contributed by atoms with E-state index >= 15 is 0 Å². The summed E-state index contributed by atoms with van der Waals surface area (Å²) in [4.78, 5) is 11.1. The molecule has 2 aromatic heterocycles. The Morgan fingerprint density at radius 3 is 2.57 bits per heavy atom. The van der Waals surface area contributed by atoms with Gasteiger partial charge in [-0.3, -0.25) is 0 Å². The molecule has 1 unspecified atom stereocenters. The minimum absolute atomic E-state index is 0.100. The number of hydrazone groups is 1. The zero-order chi connectivity index (χ0) is 23.8. The van der Waals surface area contributed by atoms with Gasteiger partial charge in [-0.15, -0.1) is 11.3 Å². The number of anilines is 1. The van der Waals surface area contributed by atoms with Crippen LogP contribution in [0.4, 0.5) is 5.95 Å². The van der Waals surface area contributed by atoms with Crippen LogP contribution in [0.15, 0.2) is 95.4 Å². The first-order valence-electron chi connectivity index (χ1n) is 11.3. The summed E-state index contributed by atoms with van der Waals surface area (Å²) in [6.07, 6.45) is 0.726. The number of hydrogen-bond donors (Lipinski definition) is 0. The first kappa shape index (κ1) is 21.8. The van der Waals surface area contributed by atoms with Crippen LogP contribution in [0.3, 0.4) is 0 Å². The summed E-state index contributed by atoms with van der Waals surface area (Å²) in [7, 11) is 1.70. The summed E-state index contributed by atoms with van der Waals surface area (Å²) in [5.74, 6) is 1.36. The third-order valence-electron chi connectivity index (χ3n) is 6.11. The van der Waals surface area contributed by atoms with Crippen molar-refractivity contribution in [3.8, 4) is 17.0 Å². The predicted molar refractivity (Wildman–Crippen MR) is 144 cm³/mol. The van der Waals surface area contributed by atoms with E-state index in [2.05, 4.69) is 29.6 Å². The lowest BCUT2D eigenvalue weighted by Crippen LogP contribution is -2.21. The van der Waals surface area contributed by atoms with E-state index in [1.807, 2.05) is 65.7 Å². The molecule has 6 rings (SSSR count). The molecule has 0 bridgehead atoms. The quantitative estimate of drug-likeness (QED) is 0.255. The molecule has 0 N–H and O–H groups in total. The Morgan fingerprint density at radius 2 is 1.77 bits per heavy atom. The van der Waals surface area contributed by atoms with Crippen LogP contribution in [-0.4, -0.2) is 22.8 Å². The van der Waals surface area contributed by atoms with Crippen LogP contribution in [-0.2, 0) is 0 Å². The van der Waals surface area contributed by atoms with Crippen molar-refractivity contribution in [3.63, 3.8) is 0 Å². The summed E-state index contributed by atoms with van der Waals surface area (Å²) < 4.78 is 5.71. The number of hydrogen-bond acceptors (Lipinski definition) is 6. The topological polar surface area (TPSA) is 50.6 Å². The Balaban J connectivity index is 1.56. The number of aromatic nitrogens is 2. The third kappa shape index (κ3) is 4.05. The summed E-state index contributed by atoms with van der Waals surface area (Å²) >= 11 is 8.04. The zero-order valence-corrected chi connectivity index (χ0v) is 20.5. The molecular formula is C28H21ClN4OS. The maximum Gasteiger partial charge on any atom is 0.247 e. The molecule has 0 fully saturated rings. The number of nitrogens with zero attached hydrogens (tertiary/aromatic N) is 4. The van der Waals surface area contributed by atoms with E-state index in [1.165, 1.54) is 0 Å². The second kappa shape index (κ2) is 9.13. The van der Waals surface area contributed by atoms with E-state index in [0.717, 1.165) is 50.5 Å². The van der Waals surface area contributed by atoms with Crippen LogP contribution in [0.25, 0.3) is 22.2 Å². The molecule has 0 spiro atoms. The molecule has 3 heterocycles. The van der Waals surface area contributed by atoms with Gasteiger partial charge in [0.05, 0.1) is 35.0 Å². The van der Waals surface area contributed by atoms with Crippen molar-refractivity contribution in [3.05, 3.63) is 106 Å². The van der Waals surface area contributed by atoms with Gasteiger partial charge in [0.1, 0.15) is 5.75 Å². The van der Waals surface area contributed by atoms with Crippen molar-refractivity contribution in [1.29, 1.82) is 0 Å². The molecule has 5 aromatic rings. The maximum atomic E-state index is 6.36. The van der Waals surface area contributed by atoms with Crippen molar-refractivity contribution in [2.75, 3.05) is 12.1 Å². The summed E-state index contributed by atoms with van der Waals surface area (Å²) in [6, 6.07) is 28.0. The number of thiophene rings is 1. The van der Waals surface area contributed by atoms with Crippen molar-refractivity contribution in [2.45, 2.75) is 12.5 Å². The highest BCUT2D eigenvalue weighted by atomic mass is 35.5. The van der Waals surface area contributed by atoms with Gasteiger partial charge in [-0.1, -0.05) is 66.2 Å². The molecule has 0 radical (unpaired) electrons. The van der Waals surface area contributed by atoms with Gasteiger partial charge in [-0.25, -0.2) is 15.0 Å². The minimum atomic E-state index is -0.100. The normalized spacial score (nSPS) is 15.4. The van der Waals surface area contributed by atoms with E-state index in [-0.39, 0.29) is 6.04 Å². The Kier molecular flexibility index (Phi) is 5.68. The second-order valence-corrected chi connectivity index (χ2v) is 9.61. The Bertz CT molecular complexity index is 1540. The number of ether oxygens (including phenoxy) is 1. The van der Waals surface area contributed by atoms with Crippen LogP contribution >= 0.6 is 22.9 Å². The minimum Gasteiger partial charge on any atom is -0.496 e. The summed E-state index contributed by atoms with van der Waals surface area (Å²) in [5.41, 5.74) is 4.70. The SMILES string of the molecule is COc1ccccc1C1CC(c2cccs2)=NN1c1nc(-c2ccccc2)c2cc(Cl)ccc2n1. The van der Waals surface area contributed by atoms with Crippen molar-refractivity contribution < 1.29 is 4.74 Å². The molecule has 7 heteroatoms. The van der Waals surface area contributed by atoms with Gasteiger partial charge in [0.2, 0.25) is 5.95 Å². The molecule has 3 aromatic carbocycles. The molecule has 1 atom stereocenters. The monoisotopic (exact) mass is 496 g/mol. The van der Waals surface area contributed by atoms with Crippen LogP contribution in [0.5, 0.6) is 5.75 Å². The molecule has 0 saturated heterocycles. The summed E-state index contributed by atoms with van der Waals surface area (Å²) in [6.45, 7) is 0. The predicted octanol–water partition coefficient (Wildman–Crippen LogP) is 7.38. The van der Waals surface area contributed by atoms with Gasteiger partial charge in [0.15, 0.2) is 0 Å². The van der Waals surface area contributed by atoms with E-state index in [9.17, 15) is 0 Å². The van der Waals surface area contributed by atoms with E-state index in [4.69, 9.17) is 31.4 Å². The third-order valence-corrected chi connectivity index (χ3v) is 7.27. The highest BCUT2D eigenvalue weighted by molar-refractivity contribution is 7.12. The molecule has 0 aliphatic carbocycles. The van der Waals surface area contributed by atoms with Crippen LogP contribution in [0.2, 0.25) is 5.02 Å². The van der Waals surface area contributed by atoms with Gasteiger partial charge < -0.3 is 4.74 Å². The standard InChI is InChI=1S/C28H21ClN4OS/c1-34-25-11-6-5-10-20(25)24-17-23(26-12-7-15-35-26)32-33(24)28-30-22-14-13-19(29)16-21(22)27(31-28)18-8-3-2-4-9-18/h2-16,24H,17H2,1H3. The van der Waals surface area contributed by atoms with Crippen LogP contribution < -0.4 is 9.75 Å². The number of fused-ring (bicyclic) bond motifs is 1. The molecule has 0 amide bonds. The molecule has 1 aliphatic heterocycles. The number of rotatable bonds is 5. The maximum absolute atomic E-state index is 6.36. The molecule has 1 aliphatic rings. The fourth-order valence-electron chi connectivity index (χ4n) is 4.48. The van der Waals surface area contributed by atoms with Gasteiger partial charge >= 0.3 is 0 Å². The Morgan fingerprint density at radius 1 is 0.943 bits per heavy atom.